The molecular weight excluding hydrogens is 307 g/mol. The molecule has 1 N–H and O–H groups in total. The maximum absolute atomic E-state index is 12.5. The van der Waals surface area contributed by atoms with Crippen LogP contribution >= 0.6 is 23.2 Å². The molecule has 3 aromatic rings. The van der Waals surface area contributed by atoms with E-state index in [9.17, 15) is 4.79 Å². The average molecular weight is 319 g/mol. The fourth-order valence-electron chi connectivity index (χ4n) is 2.39. The van der Waals surface area contributed by atoms with Crippen molar-refractivity contribution in [1.82, 2.24) is 4.57 Å². The van der Waals surface area contributed by atoms with Crippen molar-refractivity contribution in [3.8, 4) is 5.69 Å². The summed E-state index contributed by atoms with van der Waals surface area (Å²) in [7, 11) is 1.78. The van der Waals surface area contributed by atoms with Gasteiger partial charge in [0.2, 0.25) is 0 Å². The molecule has 0 aliphatic rings. The predicted molar refractivity (Wildman–Crippen MR) is 89.1 cm³/mol. The molecule has 0 radical (unpaired) electrons. The zero-order valence-corrected chi connectivity index (χ0v) is 12.7. The minimum absolute atomic E-state index is 0.165. The van der Waals surface area contributed by atoms with Crippen LogP contribution in [0.25, 0.3) is 16.6 Å². The van der Waals surface area contributed by atoms with E-state index in [1.807, 2.05) is 24.3 Å². The highest BCUT2D eigenvalue weighted by molar-refractivity contribution is 6.32. The number of hydrogen-bond donors (Lipinski definition) is 1. The minimum Gasteiger partial charge on any atom is -0.387 e. The van der Waals surface area contributed by atoms with Crippen molar-refractivity contribution >= 4 is 39.8 Å². The number of nitrogens with one attached hydrogen (secondary N) is 1. The van der Waals surface area contributed by atoms with Crippen molar-refractivity contribution in [2.45, 2.75) is 0 Å². The van der Waals surface area contributed by atoms with Crippen molar-refractivity contribution in [3.63, 3.8) is 0 Å². The molecule has 1 aromatic heterocycles. The molecule has 1 heterocycles. The van der Waals surface area contributed by atoms with Crippen LogP contribution in [0.2, 0.25) is 10.0 Å². The number of aromatic nitrogens is 1. The van der Waals surface area contributed by atoms with Gasteiger partial charge in [0.1, 0.15) is 0 Å². The Morgan fingerprint density at radius 3 is 2.52 bits per heavy atom. The Kier molecular flexibility index (Phi) is 3.62. The number of hydrogen-bond acceptors (Lipinski definition) is 2. The van der Waals surface area contributed by atoms with Gasteiger partial charge in [-0.1, -0.05) is 35.3 Å². The zero-order valence-electron chi connectivity index (χ0n) is 11.2. The van der Waals surface area contributed by atoms with Gasteiger partial charge in [0.05, 0.1) is 16.2 Å². The summed E-state index contributed by atoms with van der Waals surface area (Å²) < 4.78 is 1.57. The van der Waals surface area contributed by atoms with E-state index in [-0.39, 0.29) is 5.56 Å². The predicted octanol–water partition coefficient (Wildman–Crippen LogP) is 4.34. The number of para-hydroxylation sites is 1. The number of nitrogens with zero attached hydrogens (tertiary/aromatic N) is 1. The summed E-state index contributed by atoms with van der Waals surface area (Å²) >= 11 is 12.3. The molecule has 0 atom stereocenters. The Balaban J connectivity index is 2.48. The van der Waals surface area contributed by atoms with Gasteiger partial charge in [-0.3, -0.25) is 9.36 Å². The Labute approximate surface area is 131 Å². The Bertz CT molecular complexity index is 887. The molecule has 0 saturated heterocycles. The first-order valence-electron chi connectivity index (χ1n) is 6.40. The molecule has 0 fully saturated rings. The first-order valence-corrected chi connectivity index (χ1v) is 7.15. The molecule has 2 aromatic carbocycles. The number of pyridine rings is 1. The summed E-state index contributed by atoms with van der Waals surface area (Å²) in [6, 6.07) is 14.2. The standard InChI is InChI=1S/C16H12Cl2N2O/c1-19-13-9-16(21)20(14-5-3-2-4-12(14)18)15-8-10(17)6-7-11(13)15/h2-9,19H,1H3. The molecule has 0 aliphatic heterocycles. The molecular formula is C16H12Cl2N2O. The second-order valence-corrected chi connectivity index (χ2v) is 5.44. The van der Waals surface area contributed by atoms with Crippen LogP contribution in [0, 0.1) is 0 Å². The summed E-state index contributed by atoms with van der Waals surface area (Å²) in [6.45, 7) is 0. The van der Waals surface area contributed by atoms with Gasteiger partial charge in [0.25, 0.3) is 5.56 Å². The van der Waals surface area contributed by atoms with Crippen LogP contribution in [-0.4, -0.2) is 11.6 Å². The van der Waals surface area contributed by atoms with Crippen molar-refractivity contribution in [2.75, 3.05) is 12.4 Å². The van der Waals surface area contributed by atoms with Gasteiger partial charge in [0, 0.05) is 29.2 Å². The molecule has 3 nitrogen and oxygen atoms in total. The number of rotatable bonds is 2. The largest absolute Gasteiger partial charge is 0.387 e. The first kappa shape index (κ1) is 14.0. The lowest BCUT2D eigenvalue weighted by Crippen LogP contribution is -2.19. The highest BCUT2D eigenvalue weighted by atomic mass is 35.5. The van der Waals surface area contributed by atoms with Gasteiger partial charge in [-0.2, -0.15) is 0 Å². The van der Waals surface area contributed by atoms with E-state index in [2.05, 4.69) is 5.32 Å². The minimum atomic E-state index is -0.165. The Morgan fingerprint density at radius 2 is 1.81 bits per heavy atom. The van der Waals surface area contributed by atoms with Crippen molar-refractivity contribution in [1.29, 1.82) is 0 Å². The molecule has 0 saturated carbocycles. The molecule has 3 rings (SSSR count). The summed E-state index contributed by atoms with van der Waals surface area (Å²) in [6.07, 6.45) is 0. The summed E-state index contributed by atoms with van der Waals surface area (Å²) in [5.41, 5.74) is 1.95. The number of anilines is 1. The van der Waals surface area contributed by atoms with Crippen LogP contribution in [-0.2, 0) is 0 Å². The lowest BCUT2D eigenvalue weighted by molar-refractivity contribution is 1.04. The SMILES string of the molecule is CNc1cc(=O)n(-c2ccccc2Cl)c2cc(Cl)ccc12. The van der Waals surface area contributed by atoms with Crippen LogP contribution in [0.3, 0.4) is 0 Å². The maximum atomic E-state index is 12.5. The zero-order chi connectivity index (χ0) is 15.0. The molecule has 0 amide bonds. The fourth-order valence-corrected chi connectivity index (χ4v) is 2.78. The quantitative estimate of drug-likeness (QED) is 0.762. The molecule has 21 heavy (non-hydrogen) atoms. The van der Waals surface area contributed by atoms with E-state index >= 15 is 0 Å². The highest BCUT2D eigenvalue weighted by Gasteiger charge is 2.12. The van der Waals surface area contributed by atoms with Crippen LogP contribution in [0.5, 0.6) is 0 Å². The third-order valence-electron chi connectivity index (χ3n) is 3.34. The summed E-state index contributed by atoms with van der Waals surface area (Å²) in [5, 5.41) is 5.02. The van der Waals surface area contributed by atoms with Crippen molar-refractivity contribution in [2.24, 2.45) is 0 Å². The molecule has 5 heteroatoms. The molecule has 0 bridgehead atoms. The van der Waals surface area contributed by atoms with E-state index in [0.717, 1.165) is 11.1 Å². The summed E-state index contributed by atoms with van der Waals surface area (Å²) in [4.78, 5) is 12.5. The normalized spacial score (nSPS) is 10.8. The first-order chi connectivity index (χ1) is 10.1. The van der Waals surface area contributed by atoms with E-state index in [1.54, 1.807) is 35.9 Å². The van der Waals surface area contributed by atoms with E-state index < -0.39 is 0 Å². The fraction of sp³-hybridized carbons (Fsp3) is 0.0625. The number of fused-ring (bicyclic) bond motifs is 1. The highest BCUT2D eigenvalue weighted by Crippen LogP contribution is 2.28. The van der Waals surface area contributed by atoms with E-state index in [1.165, 1.54) is 0 Å². The van der Waals surface area contributed by atoms with Gasteiger partial charge in [-0.15, -0.1) is 0 Å². The van der Waals surface area contributed by atoms with Gasteiger partial charge >= 0.3 is 0 Å². The van der Waals surface area contributed by atoms with Gasteiger partial charge in [-0.05, 0) is 30.3 Å². The van der Waals surface area contributed by atoms with Gasteiger partial charge in [-0.25, -0.2) is 0 Å². The summed E-state index contributed by atoms with van der Waals surface area (Å²) in [5.74, 6) is 0. The molecule has 0 aliphatic carbocycles. The molecule has 0 spiro atoms. The molecule has 0 unspecified atom stereocenters. The molecule has 106 valence electrons. The second kappa shape index (κ2) is 5.43. The second-order valence-electron chi connectivity index (χ2n) is 4.59. The number of halogens is 2. The van der Waals surface area contributed by atoms with E-state index in [4.69, 9.17) is 23.2 Å². The number of benzene rings is 2. The third kappa shape index (κ3) is 2.39. The van der Waals surface area contributed by atoms with Crippen LogP contribution in [0.15, 0.2) is 53.3 Å². The van der Waals surface area contributed by atoms with Gasteiger partial charge in [0.15, 0.2) is 0 Å². The average Bonchev–Trinajstić information content (AvgIpc) is 2.47. The Hall–Kier alpha value is -1.97. The Morgan fingerprint density at radius 1 is 1.05 bits per heavy atom. The lowest BCUT2D eigenvalue weighted by Gasteiger charge is -2.14. The van der Waals surface area contributed by atoms with Crippen molar-refractivity contribution < 1.29 is 0 Å². The van der Waals surface area contributed by atoms with Crippen LogP contribution in [0.4, 0.5) is 5.69 Å². The maximum Gasteiger partial charge on any atom is 0.257 e. The van der Waals surface area contributed by atoms with Crippen LogP contribution in [0.1, 0.15) is 0 Å². The smallest absolute Gasteiger partial charge is 0.257 e. The van der Waals surface area contributed by atoms with Gasteiger partial charge < -0.3 is 5.32 Å². The van der Waals surface area contributed by atoms with Crippen LogP contribution < -0.4 is 10.9 Å². The topological polar surface area (TPSA) is 34.0 Å². The monoisotopic (exact) mass is 318 g/mol. The van der Waals surface area contributed by atoms with E-state index in [0.29, 0.717) is 21.2 Å². The third-order valence-corrected chi connectivity index (χ3v) is 3.90. The lowest BCUT2D eigenvalue weighted by atomic mass is 10.1. The van der Waals surface area contributed by atoms with Crippen molar-refractivity contribution in [3.05, 3.63) is 68.9 Å².